The van der Waals surface area contributed by atoms with Gasteiger partial charge in [-0.3, -0.25) is 4.31 Å². The van der Waals surface area contributed by atoms with Crippen molar-refractivity contribution >= 4 is 21.8 Å². The summed E-state index contributed by atoms with van der Waals surface area (Å²) in [5.74, 6) is -0.277. The molecule has 0 amide bonds. The zero-order chi connectivity index (χ0) is 18.0. The highest BCUT2D eigenvalue weighted by Crippen LogP contribution is 2.33. The molecule has 0 atom stereocenters. The molecule has 0 saturated heterocycles. The Hall–Kier alpha value is -2.60. The van der Waals surface area contributed by atoms with E-state index in [0.29, 0.717) is 24.1 Å². The van der Waals surface area contributed by atoms with Crippen LogP contribution in [0.15, 0.2) is 59.6 Å². The number of hydrogen-bond donors (Lipinski definition) is 0. The number of fused-ring (bicyclic) bond motifs is 1. The summed E-state index contributed by atoms with van der Waals surface area (Å²) in [5.41, 5.74) is 1.86. The lowest BCUT2D eigenvalue weighted by atomic mass is 10.1. The molecule has 0 saturated carbocycles. The number of aryl methyl sites for hydroxylation is 1. The van der Waals surface area contributed by atoms with Crippen LogP contribution in [0.3, 0.4) is 0 Å². The van der Waals surface area contributed by atoms with Gasteiger partial charge in [0, 0.05) is 12.1 Å². The minimum Gasteiger partial charge on any atom is -0.421 e. The summed E-state index contributed by atoms with van der Waals surface area (Å²) < 4.78 is 32.1. The van der Waals surface area contributed by atoms with Crippen molar-refractivity contribution in [3.05, 3.63) is 71.4 Å². The predicted octanol–water partition coefficient (Wildman–Crippen LogP) is 3.56. The molecule has 0 N–H and O–H groups in total. The first-order chi connectivity index (χ1) is 11.9. The molecular formula is C19H19NO4S. The van der Waals surface area contributed by atoms with E-state index in [-0.39, 0.29) is 10.7 Å². The van der Waals surface area contributed by atoms with Crippen molar-refractivity contribution in [3.8, 4) is 0 Å². The molecule has 2 aromatic carbocycles. The standard InChI is InChI=1S/C19H19NO4S/c1-3-12-20-13-17(16-6-4-5-7-18(16)25(20,22)23)24-19(21)15-10-8-14(2)9-11-15/h4-11,13H,3,12H2,1-2H3. The molecule has 25 heavy (non-hydrogen) atoms. The van der Waals surface area contributed by atoms with Gasteiger partial charge in [-0.2, -0.15) is 0 Å². The van der Waals surface area contributed by atoms with Gasteiger partial charge in [0.2, 0.25) is 0 Å². The highest BCUT2D eigenvalue weighted by Gasteiger charge is 2.32. The summed E-state index contributed by atoms with van der Waals surface area (Å²) in [6, 6.07) is 13.6. The Morgan fingerprint density at radius 1 is 1.08 bits per heavy atom. The lowest BCUT2D eigenvalue weighted by Gasteiger charge is -2.27. The molecule has 0 unspecified atom stereocenters. The van der Waals surface area contributed by atoms with Gasteiger partial charge < -0.3 is 4.74 Å². The van der Waals surface area contributed by atoms with Crippen molar-refractivity contribution in [3.63, 3.8) is 0 Å². The van der Waals surface area contributed by atoms with E-state index < -0.39 is 16.0 Å². The van der Waals surface area contributed by atoms with Crippen LogP contribution < -0.4 is 0 Å². The molecule has 0 fully saturated rings. The molecule has 6 heteroatoms. The Bertz CT molecular complexity index is 930. The van der Waals surface area contributed by atoms with Gasteiger partial charge in [0.1, 0.15) is 0 Å². The maximum atomic E-state index is 12.7. The molecule has 0 bridgehead atoms. The van der Waals surface area contributed by atoms with Crippen LogP contribution in [0.2, 0.25) is 0 Å². The van der Waals surface area contributed by atoms with Crippen LogP contribution in [0, 0.1) is 6.92 Å². The number of esters is 1. The third kappa shape index (κ3) is 3.30. The third-order valence-corrected chi connectivity index (χ3v) is 5.75. The molecule has 0 aromatic heterocycles. The Kier molecular flexibility index (Phi) is 4.63. The summed E-state index contributed by atoms with van der Waals surface area (Å²) in [7, 11) is -3.62. The first-order valence-electron chi connectivity index (χ1n) is 8.05. The summed E-state index contributed by atoms with van der Waals surface area (Å²) in [4.78, 5) is 12.6. The second kappa shape index (κ2) is 6.72. The molecule has 1 heterocycles. The van der Waals surface area contributed by atoms with E-state index >= 15 is 0 Å². The third-order valence-electron chi connectivity index (χ3n) is 3.93. The molecule has 0 aliphatic carbocycles. The first-order valence-corrected chi connectivity index (χ1v) is 9.49. The number of hydrogen-bond acceptors (Lipinski definition) is 4. The quantitative estimate of drug-likeness (QED) is 0.785. The van der Waals surface area contributed by atoms with E-state index in [9.17, 15) is 13.2 Å². The van der Waals surface area contributed by atoms with E-state index in [1.165, 1.54) is 16.6 Å². The molecule has 1 aliphatic rings. The SMILES string of the molecule is CCCN1C=C(OC(=O)c2ccc(C)cc2)c2ccccc2S1(=O)=O. The largest absolute Gasteiger partial charge is 0.421 e. The van der Waals surface area contributed by atoms with Crippen LogP contribution >= 0.6 is 0 Å². The average molecular weight is 357 g/mol. The Morgan fingerprint density at radius 2 is 1.76 bits per heavy atom. The van der Waals surface area contributed by atoms with Crippen LogP contribution in [-0.2, 0) is 14.8 Å². The molecule has 5 nitrogen and oxygen atoms in total. The summed E-state index contributed by atoms with van der Waals surface area (Å²) in [5, 5.41) is 0. The lowest BCUT2D eigenvalue weighted by molar-refractivity contribution is 0.0689. The van der Waals surface area contributed by atoms with Crippen molar-refractivity contribution in [2.45, 2.75) is 25.2 Å². The van der Waals surface area contributed by atoms with Crippen molar-refractivity contribution in [1.82, 2.24) is 4.31 Å². The van der Waals surface area contributed by atoms with Gasteiger partial charge in [-0.05, 0) is 37.6 Å². The fourth-order valence-electron chi connectivity index (χ4n) is 2.63. The second-order valence-electron chi connectivity index (χ2n) is 5.86. The molecule has 1 aliphatic heterocycles. The minimum atomic E-state index is -3.62. The van der Waals surface area contributed by atoms with Crippen molar-refractivity contribution in [1.29, 1.82) is 0 Å². The fourth-order valence-corrected chi connectivity index (χ4v) is 4.23. The fraction of sp³-hybridized carbons (Fsp3) is 0.211. The Balaban J connectivity index is 1.99. The minimum absolute atomic E-state index is 0.151. The Labute approximate surface area is 147 Å². The highest BCUT2D eigenvalue weighted by molar-refractivity contribution is 7.89. The van der Waals surface area contributed by atoms with Gasteiger partial charge in [0.05, 0.1) is 16.7 Å². The van der Waals surface area contributed by atoms with Gasteiger partial charge in [-0.25, -0.2) is 13.2 Å². The van der Waals surface area contributed by atoms with Crippen molar-refractivity contribution in [2.24, 2.45) is 0 Å². The van der Waals surface area contributed by atoms with Gasteiger partial charge in [-0.1, -0.05) is 36.8 Å². The molecule has 130 valence electrons. The second-order valence-corrected chi connectivity index (χ2v) is 7.72. The number of sulfonamides is 1. The predicted molar refractivity (Wildman–Crippen MR) is 95.2 cm³/mol. The number of rotatable bonds is 4. The summed E-state index contributed by atoms with van der Waals surface area (Å²) in [6.45, 7) is 4.15. The smallest absolute Gasteiger partial charge is 0.343 e. The number of nitrogens with zero attached hydrogens (tertiary/aromatic N) is 1. The van der Waals surface area contributed by atoms with E-state index in [2.05, 4.69) is 0 Å². The zero-order valence-electron chi connectivity index (χ0n) is 14.1. The maximum Gasteiger partial charge on any atom is 0.343 e. The van der Waals surface area contributed by atoms with Gasteiger partial charge >= 0.3 is 5.97 Å². The zero-order valence-corrected chi connectivity index (χ0v) is 14.9. The van der Waals surface area contributed by atoms with Crippen LogP contribution in [0.1, 0.15) is 34.8 Å². The van der Waals surface area contributed by atoms with Crippen LogP contribution in [0.25, 0.3) is 5.76 Å². The number of carbonyl (C=O) groups is 1. The van der Waals surface area contributed by atoms with Crippen LogP contribution in [0.4, 0.5) is 0 Å². The summed E-state index contributed by atoms with van der Waals surface area (Å²) >= 11 is 0. The van der Waals surface area contributed by atoms with E-state index in [1.807, 2.05) is 26.0 Å². The monoisotopic (exact) mass is 357 g/mol. The average Bonchev–Trinajstić information content (AvgIpc) is 2.60. The van der Waals surface area contributed by atoms with Crippen molar-refractivity contribution in [2.75, 3.05) is 6.54 Å². The van der Waals surface area contributed by atoms with Gasteiger partial charge in [-0.15, -0.1) is 0 Å². The van der Waals surface area contributed by atoms with Gasteiger partial charge in [0.15, 0.2) is 5.76 Å². The first kappa shape index (κ1) is 17.2. The molecule has 0 spiro atoms. The molecule has 2 aromatic rings. The van der Waals surface area contributed by atoms with Crippen LogP contribution in [-0.4, -0.2) is 25.2 Å². The molecule has 0 radical (unpaired) electrons. The van der Waals surface area contributed by atoms with Crippen molar-refractivity contribution < 1.29 is 17.9 Å². The normalized spacial score (nSPS) is 15.3. The Morgan fingerprint density at radius 3 is 2.44 bits per heavy atom. The van der Waals surface area contributed by atoms with Crippen LogP contribution in [0.5, 0.6) is 0 Å². The lowest BCUT2D eigenvalue weighted by Crippen LogP contribution is -2.31. The number of benzene rings is 2. The molecular weight excluding hydrogens is 338 g/mol. The van der Waals surface area contributed by atoms with E-state index in [0.717, 1.165) is 5.56 Å². The highest BCUT2D eigenvalue weighted by atomic mass is 32.2. The molecule has 3 rings (SSSR count). The van der Waals surface area contributed by atoms with E-state index in [4.69, 9.17) is 4.74 Å². The summed E-state index contributed by atoms with van der Waals surface area (Å²) in [6.07, 6.45) is 2.05. The maximum absolute atomic E-state index is 12.7. The van der Waals surface area contributed by atoms with E-state index in [1.54, 1.807) is 30.3 Å². The van der Waals surface area contributed by atoms with Gasteiger partial charge in [0.25, 0.3) is 10.0 Å². The topological polar surface area (TPSA) is 63.7 Å². The number of carbonyl (C=O) groups excluding carboxylic acids is 1. The number of ether oxygens (including phenoxy) is 1.